The summed E-state index contributed by atoms with van der Waals surface area (Å²) >= 11 is 1.66. The van der Waals surface area contributed by atoms with Crippen LogP contribution in [-0.4, -0.2) is 38.9 Å². The van der Waals surface area contributed by atoms with Gasteiger partial charge >= 0.3 is 0 Å². The van der Waals surface area contributed by atoms with Crippen molar-refractivity contribution < 1.29 is 9.90 Å². The van der Waals surface area contributed by atoms with Crippen LogP contribution in [0, 0.1) is 6.92 Å². The van der Waals surface area contributed by atoms with E-state index in [0.29, 0.717) is 18.8 Å². The van der Waals surface area contributed by atoms with Crippen LogP contribution < -0.4 is 5.32 Å². The number of aliphatic hydroxyl groups excluding tert-OH is 1. The van der Waals surface area contributed by atoms with Gasteiger partial charge in [0.2, 0.25) is 5.91 Å². The van der Waals surface area contributed by atoms with Crippen LogP contribution in [0.2, 0.25) is 0 Å². The lowest BCUT2D eigenvalue weighted by Gasteiger charge is -2.10. The number of amides is 1. The maximum atomic E-state index is 12.1. The van der Waals surface area contributed by atoms with E-state index in [9.17, 15) is 9.90 Å². The van der Waals surface area contributed by atoms with Crippen molar-refractivity contribution >= 4 is 23.5 Å². The van der Waals surface area contributed by atoms with E-state index < -0.39 is 0 Å². The first-order valence-electron chi connectivity index (χ1n) is 7.62. The monoisotopic (exact) mass is 333 g/mol. The summed E-state index contributed by atoms with van der Waals surface area (Å²) < 4.78 is 1.64. The summed E-state index contributed by atoms with van der Waals surface area (Å²) in [7, 11) is 0. The average molecular weight is 333 g/mol. The molecule has 1 unspecified atom stereocenters. The fourth-order valence-electron chi connectivity index (χ4n) is 2.31. The molecule has 23 heavy (non-hydrogen) atoms. The summed E-state index contributed by atoms with van der Waals surface area (Å²) in [4.78, 5) is 12.1. The molecule has 0 saturated carbocycles. The number of carbonyl (C=O) groups excluding carboxylic acids is 1. The van der Waals surface area contributed by atoms with Crippen molar-refractivity contribution in [2.45, 2.75) is 32.1 Å². The first kappa shape index (κ1) is 17.6. The van der Waals surface area contributed by atoms with Gasteiger partial charge in [0.25, 0.3) is 0 Å². The fourth-order valence-corrected chi connectivity index (χ4v) is 2.63. The van der Waals surface area contributed by atoms with E-state index in [1.165, 1.54) is 0 Å². The fraction of sp³-hybridized carbons (Fsp3) is 0.412. The molecular formula is C17H23N3O2S. The minimum atomic E-state index is -0.0396. The van der Waals surface area contributed by atoms with Crippen LogP contribution in [0.25, 0.3) is 11.3 Å². The smallest absolute Gasteiger partial charge is 0.226 e. The lowest BCUT2D eigenvalue weighted by atomic mass is 10.1. The summed E-state index contributed by atoms with van der Waals surface area (Å²) in [5.41, 5.74) is 2.94. The van der Waals surface area contributed by atoms with E-state index >= 15 is 0 Å². The highest BCUT2D eigenvalue weighted by atomic mass is 32.2. The molecule has 0 radical (unpaired) electrons. The molecule has 5 nitrogen and oxygen atoms in total. The van der Waals surface area contributed by atoms with Crippen molar-refractivity contribution in [2.75, 3.05) is 18.2 Å². The topological polar surface area (TPSA) is 67.2 Å². The lowest BCUT2D eigenvalue weighted by Crippen LogP contribution is -2.19. The molecular weight excluding hydrogens is 310 g/mol. The highest BCUT2D eigenvalue weighted by Gasteiger charge is 2.14. The predicted octanol–water partition coefficient (Wildman–Crippen LogP) is 2.93. The number of nitrogens with zero attached hydrogens (tertiary/aromatic N) is 2. The van der Waals surface area contributed by atoms with Gasteiger partial charge in [-0.15, -0.1) is 0 Å². The molecule has 0 fully saturated rings. The van der Waals surface area contributed by atoms with Gasteiger partial charge in [0.15, 0.2) is 0 Å². The van der Waals surface area contributed by atoms with Gasteiger partial charge < -0.3 is 10.4 Å². The second-order valence-electron chi connectivity index (χ2n) is 5.48. The van der Waals surface area contributed by atoms with Crippen molar-refractivity contribution in [3.63, 3.8) is 0 Å². The first-order valence-corrected chi connectivity index (χ1v) is 8.91. The molecule has 0 aliphatic heterocycles. The van der Waals surface area contributed by atoms with Crippen LogP contribution in [0.3, 0.4) is 0 Å². The van der Waals surface area contributed by atoms with Gasteiger partial charge in [-0.1, -0.05) is 31.2 Å². The lowest BCUT2D eigenvalue weighted by molar-refractivity contribution is -0.116. The summed E-state index contributed by atoms with van der Waals surface area (Å²) in [5, 5.41) is 16.9. The SMILES string of the molecule is CSC(C)CC(=O)Nc1cc(-c2ccccc2C)nn1CCO. The van der Waals surface area contributed by atoms with E-state index in [2.05, 4.69) is 10.4 Å². The third-order valence-corrected chi connectivity index (χ3v) is 4.63. The van der Waals surface area contributed by atoms with Crippen molar-refractivity contribution in [2.24, 2.45) is 0 Å². The molecule has 0 saturated heterocycles. The number of aromatic nitrogens is 2. The minimum absolute atomic E-state index is 0.0288. The van der Waals surface area contributed by atoms with Gasteiger partial charge in [-0.05, 0) is 18.7 Å². The summed E-state index contributed by atoms with van der Waals surface area (Å²) in [6, 6.07) is 9.84. The number of carbonyl (C=O) groups is 1. The number of thioether (sulfide) groups is 1. The van der Waals surface area contributed by atoms with Crippen LogP contribution in [0.4, 0.5) is 5.82 Å². The maximum absolute atomic E-state index is 12.1. The third-order valence-electron chi connectivity index (χ3n) is 3.66. The van der Waals surface area contributed by atoms with Gasteiger partial charge in [-0.2, -0.15) is 16.9 Å². The Kier molecular flexibility index (Phi) is 6.24. The Morgan fingerprint density at radius 1 is 1.43 bits per heavy atom. The molecule has 0 spiro atoms. The number of anilines is 1. The van der Waals surface area contributed by atoms with Crippen molar-refractivity contribution in [3.05, 3.63) is 35.9 Å². The predicted molar refractivity (Wildman–Crippen MR) is 95.7 cm³/mol. The van der Waals surface area contributed by atoms with E-state index in [0.717, 1.165) is 16.8 Å². The highest BCUT2D eigenvalue weighted by Crippen LogP contribution is 2.25. The van der Waals surface area contributed by atoms with Crippen LogP contribution >= 0.6 is 11.8 Å². The Morgan fingerprint density at radius 2 is 2.17 bits per heavy atom. The van der Waals surface area contributed by atoms with E-state index in [1.807, 2.05) is 50.4 Å². The van der Waals surface area contributed by atoms with Crippen molar-refractivity contribution in [1.29, 1.82) is 0 Å². The molecule has 1 atom stereocenters. The van der Waals surface area contributed by atoms with Gasteiger partial charge in [0.1, 0.15) is 5.82 Å². The van der Waals surface area contributed by atoms with Gasteiger partial charge in [-0.25, -0.2) is 4.68 Å². The Bertz CT molecular complexity index is 670. The molecule has 2 N–H and O–H groups in total. The third kappa shape index (κ3) is 4.59. The zero-order valence-electron chi connectivity index (χ0n) is 13.7. The van der Waals surface area contributed by atoms with E-state index in [4.69, 9.17) is 0 Å². The molecule has 1 amide bonds. The number of nitrogens with one attached hydrogen (secondary N) is 1. The summed E-state index contributed by atoms with van der Waals surface area (Å²) in [6.45, 7) is 4.37. The number of hydrogen-bond acceptors (Lipinski definition) is 4. The number of aliphatic hydroxyl groups is 1. The molecule has 1 heterocycles. The van der Waals surface area contributed by atoms with E-state index in [1.54, 1.807) is 16.4 Å². The van der Waals surface area contributed by atoms with Gasteiger partial charge in [0.05, 0.1) is 18.8 Å². The first-order chi connectivity index (χ1) is 11.0. The molecule has 0 bridgehead atoms. The molecule has 6 heteroatoms. The van der Waals surface area contributed by atoms with Crippen LogP contribution in [0.1, 0.15) is 18.9 Å². The Labute approximate surface area is 141 Å². The molecule has 1 aromatic carbocycles. The number of aryl methyl sites for hydroxylation is 1. The van der Waals surface area contributed by atoms with Crippen LogP contribution in [0.5, 0.6) is 0 Å². The van der Waals surface area contributed by atoms with Gasteiger partial charge in [-0.3, -0.25) is 4.79 Å². The maximum Gasteiger partial charge on any atom is 0.226 e. The number of hydrogen-bond donors (Lipinski definition) is 2. The van der Waals surface area contributed by atoms with Crippen molar-refractivity contribution in [3.8, 4) is 11.3 Å². The Hall–Kier alpha value is -1.79. The minimum Gasteiger partial charge on any atom is -0.394 e. The van der Waals surface area contributed by atoms with E-state index in [-0.39, 0.29) is 17.8 Å². The second-order valence-corrected chi connectivity index (χ2v) is 6.75. The summed E-state index contributed by atoms with van der Waals surface area (Å²) in [6.07, 6.45) is 2.44. The molecule has 124 valence electrons. The molecule has 2 rings (SSSR count). The zero-order valence-corrected chi connectivity index (χ0v) is 14.6. The van der Waals surface area contributed by atoms with Crippen molar-refractivity contribution in [1.82, 2.24) is 9.78 Å². The van der Waals surface area contributed by atoms with Crippen LogP contribution in [0.15, 0.2) is 30.3 Å². The molecule has 1 aromatic heterocycles. The normalized spacial score (nSPS) is 12.2. The molecule has 0 aliphatic rings. The Balaban J connectivity index is 2.25. The largest absolute Gasteiger partial charge is 0.394 e. The molecule has 2 aromatic rings. The average Bonchev–Trinajstić information content (AvgIpc) is 2.90. The number of rotatable bonds is 7. The molecule has 0 aliphatic carbocycles. The summed E-state index contributed by atoms with van der Waals surface area (Å²) in [5.74, 6) is 0.581. The van der Waals surface area contributed by atoms with Gasteiger partial charge in [0, 0.05) is 23.3 Å². The standard InChI is InChI=1S/C17H23N3O2S/c1-12-6-4-5-7-14(12)15-11-16(20(19-15)8-9-21)18-17(22)10-13(2)23-3/h4-7,11,13,21H,8-10H2,1-3H3,(H,18,22). The second kappa shape index (κ2) is 8.17. The zero-order chi connectivity index (χ0) is 16.8. The number of benzene rings is 1. The Morgan fingerprint density at radius 3 is 2.83 bits per heavy atom. The van der Waals surface area contributed by atoms with Crippen LogP contribution in [-0.2, 0) is 11.3 Å². The quantitative estimate of drug-likeness (QED) is 0.817. The highest BCUT2D eigenvalue weighted by molar-refractivity contribution is 7.99.